The Morgan fingerprint density at radius 3 is 2.36 bits per heavy atom. The van der Waals surface area contributed by atoms with Crippen molar-refractivity contribution >= 4 is 76.0 Å². The number of hydrogen-bond donors (Lipinski definition) is 1. The summed E-state index contributed by atoms with van der Waals surface area (Å²) < 4.78 is 11.6. The average molecular weight is 672 g/mol. The van der Waals surface area contributed by atoms with Crippen LogP contribution in [0.5, 0.6) is 11.5 Å². The predicted molar refractivity (Wildman–Crippen MR) is 181 cm³/mol. The molecule has 0 aliphatic carbocycles. The van der Waals surface area contributed by atoms with Crippen LogP contribution in [-0.4, -0.2) is 62.4 Å². The molecule has 0 bridgehead atoms. The number of benzene rings is 3. The summed E-state index contributed by atoms with van der Waals surface area (Å²) in [5.74, 6) is 0.257. The fourth-order valence-electron chi connectivity index (χ4n) is 4.37. The van der Waals surface area contributed by atoms with E-state index >= 15 is 0 Å². The predicted octanol–water partition coefficient (Wildman–Crippen LogP) is 6.35. The number of methoxy groups -OCH3 is 1. The Morgan fingerprint density at radius 1 is 0.978 bits per heavy atom. The molecule has 0 saturated heterocycles. The van der Waals surface area contributed by atoms with Crippen molar-refractivity contribution in [2.24, 2.45) is 0 Å². The Kier molecular flexibility index (Phi) is 12.2. The molecular weight excluding hydrogens is 639 g/mol. The molecule has 0 radical (unpaired) electrons. The zero-order valence-electron chi connectivity index (χ0n) is 25.4. The number of fused-ring (bicyclic) bond motifs is 1. The smallest absolute Gasteiger partial charge is 0.253 e. The number of likely N-dealkylation sites (N-methyl/N-ethyl adjacent to an activating group) is 1. The Labute approximate surface area is 278 Å². The number of nitrogens with zero attached hydrogens (tertiary/aromatic N) is 3. The first-order valence-electron chi connectivity index (χ1n) is 13.6. The van der Waals surface area contributed by atoms with Crippen LogP contribution < -0.4 is 19.7 Å². The molecule has 0 aliphatic rings. The highest BCUT2D eigenvalue weighted by Gasteiger charge is 2.20. The molecule has 0 saturated carbocycles. The molecule has 1 N–H and O–H groups in total. The first-order valence-corrected chi connectivity index (χ1v) is 14.3. The number of nitrogens with one attached hydrogen (secondary N) is 1. The van der Waals surface area contributed by atoms with Crippen molar-refractivity contribution in [3.05, 3.63) is 99.2 Å². The number of aryl methyl sites for hydroxylation is 1. The third-order valence-electron chi connectivity index (χ3n) is 6.79. The molecule has 45 heavy (non-hydrogen) atoms. The number of carbonyl (C=O) groups excluding carboxylic acids is 3. The lowest BCUT2D eigenvalue weighted by molar-refractivity contribution is -0.122. The standard InChI is InChI=1S/C33H32Cl2N4O5.ClH/c1-20-17-28(43-5)23-7-6-8-27(32(23)37-20)44-19-24-25(34)14-15-26(31(24)35)39(4)30(41)18-36-29(40)16-11-21-9-12-22(13-10-21)33(42)38(2)3;/h6-17H,18-19H2,1-5H3,(H,36,40);1H. The van der Waals surface area contributed by atoms with Crippen molar-refractivity contribution < 1.29 is 23.9 Å². The van der Waals surface area contributed by atoms with Gasteiger partial charge in [-0.05, 0) is 55.0 Å². The molecule has 0 spiro atoms. The van der Waals surface area contributed by atoms with Crippen molar-refractivity contribution in [1.29, 1.82) is 0 Å². The number of aromatic nitrogens is 1. The molecular formula is C33H33Cl3N4O5. The van der Waals surface area contributed by atoms with Crippen molar-refractivity contribution in [3.8, 4) is 11.5 Å². The number of amides is 3. The highest BCUT2D eigenvalue weighted by atomic mass is 35.5. The molecule has 0 aliphatic heterocycles. The molecule has 9 nitrogen and oxygen atoms in total. The molecule has 0 unspecified atom stereocenters. The number of carbonyl (C=O) groups is 3. The summed E-state index contributed by atoms with van der Waals surface area (Å²) in [5, 5.41) is 4.01. The molecule has 4 rings (SSSR count). The van der Waals surface area contributed by atoms with E-state index in [-0.39, 0.29) is 36.5 Å². The van der Waals surface area contributed by atoms with Gasteiger partial charge in [-0.1, -0.05) is 41.4 Å². The van der Waals surface area contributed by atoms with Crippen LogP contribution in [0.1, 0.15) is 27.2 Å². The first-order chi connectivity index (χ1) is 21.0. The van der Waals surface area contributed by atoms with E-state index in [1.165, 1.54) is 15.9 Å². The Hall–Kier alpha value is -4.31. The van der Waals surface area contributed by atoms with Gasteiger partial charge in [-0.25, -0.2) is 4.98 Å². The van der Waals surface area contributed by atoms with Gasteiger partial charge in [0.1, 0.15) is 23.6 Å². The summed E-state index contributed by atoms with van der Waals surface area (Å²) in [6.07, 6.45) is 2.92. The fourth-order valence-corrected chi connectivity index (χ4v) is 4.97. The number of pyridine rings is 1. The van der Waals surface area contributed by atoms with E-state index in [4.69, 9.17) is 32.7 Å². The van der Waals surface area contributed by atoms with Gasteiger partial charge in [-0.3, -0.25) is 14.4 Å². The first kappa shape index (κ1) is 35.2. The third kappa shape index (κ3) is 8.45. The van der Waals surface area contributed by atoms with Gasteiger partial charge >= 0.3 is 0 Å². The summed E-state index contributed by atoms with van der Waals surface area (Å²) in [5.41, 5.74) is 3.59. The second-order valence-electron chi connectivity index (χ2n) is 10.1. The second-order valence-corrected chi connectivity index (χ2v) is 10.9. The van der Waals surface area contributed by atoms with E-state index in [1.54, 1.807) is 76.8 Å². The lowest BCUT2D eigenvalue weighted by atomic mass is 10.1. The normalized spacial score (nSPS) is 10.7. The lowest BCUT2D eigenvalue weighted by Crippen LogP contribution is -2.37. The number of rotatable bonds is 10. The Morgan fingerprint density at radius 2 is 1.69 bits per heavy atom. The van der Waals surface area contributed by atoms with Gasteiger partial charge in [-0.15, -0.1) is 12.4 Å². The van der Waals surface area contributed by atoms with Gasteiger partial charge < -0.3 is 24.6 Å². The molecule has 3 amide bonds. The SMILES string of the molecule is COc1cc(C)nc2c(OCc3c(Cl)ccc(N(C)C(=O)CNC(=O)C=Cc4ccc(C(=O)N(C)C)cc4)c3Cl)cccc12.Cl. The highest BCUT2D eigenvalue weighted by molar-refractivity contribution is 6.38. The molecule has 4 aromatic rings. The fraction of sp³-hybridized carbons (Fsp3) is 0.212. The third-order valence-corrected chi connectivity index (χ3v) is 7.57. The number of hydrogen-bond acceptors (Lipinski definition) is 6. The summed E-state index contributed by atoms with van der Waals surface area (Å²) in [6.45, 7) is 1.64. The molecule has 0 fully saturated rings. The van der Waals surface area contributed by atoms with Crippen LogP contribution in [0.25, 0.3) is 17.0 Å². The lowest BCUT2D eigenvalue weighted by Gasteiger charge is -2.21. The van der Waals surface area contributed by atoms with Crippen molar-refractivity contribution in [2.45, 2.75) is 13.5 Å². The second kappa shape index (κ2) is 15.6. The summed E-state index contributed by atoms with van der Waals surface area (Å²) in [6, 6.07) is 17.5. The summed E-state index contributed by atoms with van der Waals surface area (Å²) in [7, 11) is 6.52. The zero-order valence-corrected chi connectivity index (χ0v) is 27.7. The van der Waals surface area contributed by atoms with Gasteiger partial charge in [0, 0.05) is 60.5 Å². The molecule has 0 atom stereocenters. The van der Waals surface area contributed by atoms with Gasteiger partial charge in [-0.2, -0.15) is 0 Å². The van der Waals surface area contributed by atoms with Crippen LogP contribution in [0.3, 0.4) is 0 Å². The van der Waals surface area contributed by atoms with E-state index in [1.807, 2.05) is 25.1 Å². The largest absolute Gasteiger partial charge is 0.496 e. The van der Waals surface area contributed by atoms with E-state index in [0.717, 1.165) is 16.6 Å². The Balaban J connectivity index is 0.00000552. The molecule has 12 heteroatoms. The van der Waals surface area contributed by atoms with Crippen molar-refractivity contribution in [2.75, 3.05) is 39.7 Å². The van der Waals surface area contributed by atoms with Gasteiger partial charge in [0.2, 0.25) is 11.8 Å². The monoisotopic (exact) mass is 670 g/mol. The van der Waals surface area contributed by atoms with E-state index in [2.05, 4.69) is 10.3 Å². The van der Waals surface area contributed by atoms with Crippen LogP contribution in [0.15, 0.2) is 66.7 Å². The number of anilines is 1. The van der Waals surface area contributed by atoms with Crippen LogP contribution in [0.2, 0.25) is 10.0 Å². The average Bonchev–Trinajstić information content (AvgIpc) is 3.01. The summed E-state index contributed by atoms with van der Waals surface area (Å²) >= 11 is 13.2. The molecule has 1 heterocycles. The van der Waals surface area contributed by atoms with Crippen molar-refractivity contribution in [1.82, 2.24) is 15.2 Å². The van der Waals surface area contributed by atoms with Crippen molar-refractivity contribution in [3.63, 3.8) is 0 Å². The quantitative estimate of drug-likeness (QED) is 0.197. The van der Waals surface area contributed by atoms with Gasteiger partial charge in [0.05, 0.1) is 24.4 Å². The minimum Gasteiger partial charge on any atom is -0.496 e. The molecule has 3 aromatic carbocycles. The summed E-state index contributed by atoms with van der Waals surface area (Å²) in [4.78, 5) is 44.8. The van der Waals surface area contributed by atoms with E-state index < -0.39 is 11.8 Å². The Bertz CT molecular complexity index is 1740. The number of ether oxygens (including phenoxy) is 2. The van der Waals surface area contributed by atoms with E-state index in [0.29, 0.717) is 38.9 Å². The maximum atomic E-state index is 13.0. The van der Waals surface area contributed by atoms with Crippen LogP contribution in [0.4, 0.5) is 5.69 Å². The maximum absolute atomic E-state index is 13.0. The number of para-hydroxylation sites is 1. The topological polar surface area (TPSA) is 101 Å². The highest BCUT2D eigenvalue weighted by Crippen LogP contribution is 2.36. The molecule has 1 aromatic heterocycles. The van der Waals surface area contributed by atoms with Gasteiger partial charge in [0.25, 0.3) is 5.91 Å². The minimum atomic E-state index is -0.452. The number of halogens is 3. The minimum absolute atomic E-state index is 0. The zero-order chi connectivity index (χ0) is 32.0. The van der Waals surface area contributed by atoms with Crippen LogP contribution >= 0.6 is 35.6 Å². The van der Waals surface area contributed by atoms with Crippen LogP contribution in [0, 0.1) is 6.92 Å². The van der Waals surface area contributed by atoms with Crippen LogP contribution in [-0.2, 0) is 16.2 Å². The van der Waals surface area contributed by atoms with E-state index in [9.17, 15) is 14.4 Å². The maximum Gasteiger partial charge on any atom is 0.253 e. The van der Waals surface area contributed by atoms with Gasteiger partial charge in [0.15, 0.2) is 0 Å². The molecule has 236 valence electrons.